The molecule has 2 N–H and O–H groups in total. The van der Waals surface area contributed by atoms with E-state index in [9.17, 15) is 0 Å². The first-order valence-corrected chi connectivity index (χ1v) is 14.7. The molecule has 1 aromatic heterocycles. The molecule has 1 heterocycles. The quantitative estimate of drug-likeness (QED) is 0.0745. The highest BCUT2D eigenvalue weighted by Crippen LogP contribution is 2.24. The van der Waals surface area contributed by atoms with E-state index in [0.29, 0.717) is 5.69 Å². The molecule has 0 saturated heterocycles. The maximum Gasteiger partial charge on any atom is 0.239 e. The van der Waals surface area contributed by atoms with Crippen LogP contribution < -0.4 is 10.3 Å². The molecule has 6 rings (SSSR count). The van der Waals surface area contributed by atoms with Crippen molar-refractivity contribution < 1.29 is 4.57 Å². The van der Waals surface area contributed by atoms with Gasteiger partial charge in [-0.1, -0.05) is 83.4 Å². The summed E-state index contributed by atoms with van der Waals surface area (Å²) in [6, 6.07) is 39.3. The molecule has 0 atom stereocenters. The fraction of sp³-hybridized carbons (Fsp3) is 0.125. The number of hydrogen-bond acceptors (Lipinski definition) is 3. The van der Waals surface area contributed by atoms with Crippen LogP contribution in [0.1, 0.15) is 38.8 Å². The Balaban J connectivity index is 0.000000496. The summed E-state index contributed by atoms with van der Waals surface area (Å²) in [5, 5.41) is 0. The monoisotopic (exact) mass is 577 g/mol. The van der Waals surface area contributed by atoms with E-state index in [1.807, 2.05) is 82.4 Å². The molecule has 0 aliphatic heterocycles. The molecule has 0 unspecified atom stereocenters. The molecule has 44 heavy (non-hydrogen) atoms. The van der Waals surface area contributed by atoms with E-state index in [4.69, 9.17) is 15.7 Å². The minimum Gasteiger partial charge on any atom is -0.399 e. The van der Waals surface area contributed by atoms with Gasteiger partial charge in [-0.05, 0) is 75.6 Å². The summed E-state index contributed by atoms with van der Waals surface area (Å²) in [5.41, 5.74) is 19.5. The number of anilines is 1. The smallest absolute Gasteiger partial charge is 0.239 e. The molecule has 0 aliphatic carbocycles. The van der Waals surface area contributed by atoms with Crippen molar-refractivity contribution in [2.45, 2.75) is 34.6 Å². The number of hydrogen-bond donors (Lipinski definition) is 1. The molecule has 4 nitrogen and oxygen atoms in total. The van der Waals surface area contributed by atoms with E-state index in [2.05, 4.69) is 91.4 Å². The van der Waals surface area contributed by atoms with Gasteiger partial charge >= 0.3 is 0 Å². The second kappa shape index (κ2) is 14.7. The van der Waals surface area contributed by atoms with Gasteiger partial charge in [0.05, 0.1) is 5.69 Å². The van der Waals surface area contributed by atoms with Gasteiger partial charge in [-0.25, -0.2) is 4.98 Å². The lowest BCUT2D eigenvalue weighted by atomic mass is 10.0. The molecule has 6 aromatic rings. The number of nitrogens with two attached hydrogens (primary N) is 1. The minimum absolute atomic E-state index is 0.705. The molecular weight excluding hydrogens is 536 g/mol. The van der Waals surface area contributed by atoms with Crippen molar-refractivity contribution in [1.29, 1.82) is 0 Å². The van der Waals surface area contributed by atoms with Crippen molar-refractivity contribution in [3.8, 4) is 16.8 Å². The number of aryl methyl sites for hydroxylation is 1. The molecule has 0 saturated carbocycles. The second-order valence-corrected chi connectivity index (χ2v) is 11.4. The van der Waals surface area contributed by atoms with Gasteiger partial charge in [0.25, 0.3) is 0 Å². The minimum atomic E-state index is 0.705. The number of benzene rings is 5. The van der Waals surface area contributed by atoms with E-state index in [1.54, 1.807) is 0 Å². The summed E-state index contributed by atoms with van der Waals surface area (Å²) in [5.74, 6) is 0. The normalized spacial score (nSPS) is 10.6. The lowest BCUT2D eigenvalue weighted by Crippen LogP contribution is -2.33. The van der Waals surface area contributed by atoms with Crippen LogP contribution >= 0.6 is 0 Å². The molecule has 220 valence electrons. The Morgan fingerprint density at radius 2 is 1.20 bits per heavy atom. The van der Waals surface area contributed by atoms with Crippen molar-refractivity contribution in [2.75, 3.05) is 5.73 Å². The summed E-state index contributed by atoms with van der Waals surface area (Å²) in [6.45, 7) is 17.1. The van der Waals surface area contributed by atoms with E-state index in [-0.39, 0.29) is 0 Å². The Labute approximate surface area is 261 Å². The molecule has 0 bridgehead atoms. The van der Waals surface area contributed by atoms with Gasteiger partial charge in [0.1, 0.15) is 11.0 Å². The van der Waals surface area contributed by atoms with Gasteiger partial charge < -0.3 is 5.73 Å². The predicted octanol–water partition coefficient (Wildman–Crippen LogP) is 10.1. The topological polar surface area (TPSA) is 55.1 Å². The number of nitrogen functional groups attached to an aromatic ring is 1. The molecule has 0 amide bonds. The average molecular weight is 578 g/mol. The largest absolute Gasteiger partial charge is 0.399 e. The number of allylic oxidation sites excluding steroid dienone is 2. The Morgan fingerprint density at radius 1 is 0.682 bits per heavy atom. The van der Waals surface area contributed by atoms with Crippen LogP contribution in [0.15, 0.2) is 145 Å². The highest BCUT2D eigenvalue weighted by molar-refractivity contribution is 5.87. The third kappa shape index (κ3) is 8.59. The van der Waals surface area contributed by atoms with Crippen LogP contribution in [0.3, 0.4) is 0 Å². The molecule has 0 radical (unpaired) electrons. The van der Waals surface area contributed by atoms with Gasteiger partial charge in [0, 0.05) is 36.2 Å². The Kier molecular flexibility index (Phi) is 10.6. The molecule has 0 aliphatic rings. The van der Waals surface area contributed by atoms with E-state index in [0.717, 1.165) is 39.0 Å². The van der Waals surface area contributed by atoms with Crippen molar-refractivity contribution in [2.24, 2.45) is 4.99 Å². The summed E-state index contributed by atoms with van der Waals surface area (Å²) >= 11 is 0. The van der Waals surface area contributed by atoms with Gasteiger partial charge in [0.2, 0.25) is 16.7 Å². The van der Waals surface area contributed by atoms with Crippen molar-refractivity contribution in [1.82, 2.24) is 4.98 Å². The maximum atomic E-state index is 6.15. The zero-order valence-electron chi connectivity index (χ0n) is 26.4. The Morgan fingerprint density at radius 3 is 1.80 bits per heavy atom. The Hall–Kier alpha value is -5.35. The molecule has 0 spiro atoms. The third-order valence-corrected chi connectivity index (χ3v) is 6.35. The number of nitrogens with zero attached hydrogens (tertiary/aromatic N) is 3. The van der Waals surface area contributed by atoms with Crippen LogP contribution in [-0.4, -0.2) is 11.2 Å². The average Bonchev–Trinajstić information content (AvgIpc) is 2.99. The summed E-state index contributed by atoms with van der Waals surface area (Å²) < 4.78 is 2.20. The molecule has 4 heteroatoms. The SMILES string of the molecule is C=C(C)C.C=C(C)C.Cc1ccc(-c2ccc(C=Nc3ccc4nc5ccc(N)cc5[n+](-c5ccccc5)c4c3)cc2)cc1. The van der Waals surface area contributed by atoms with Crippen LogP contribution in [0.5, 0.6) is 0 Å². The van der Waals surface area contributed by atoms with E-state index in [1.165, 1.54) is 27.8 Å². The van der Waals surface area contributed by atoms with Crippen LogP contribution in [0.2, 0.25) is 0 Å². The summed E-state index contributed by atoms with van der Waals surface area (Å²) in [7, 11) is 0. The maximum absolute atomic E-state index is 6.15. The highest BCUT2D eigenvalue weighted by atomic mass is 15.0. The second-order valence-electron chi connectivity index (χ2n) is 11.4. The van der Waals surface area contributed by atoms with Crippen LogP contribution in [0.25, 0.3) is 38.9 Å². The number of fused-ring (bicyclic) bond motifs is 2. The van der Waals surface area contributed by atoms with Gasteiger partial charge in [-0.15, -0.1) is 17.7 Å². The van der Waals surface area contributed by atoms with Crippen molar-refractivity contribution >= 4 is 39.7 Å². The van der Waals surface area contributed by atoms with Crippen LogP contribution in [0, 0.1) is 6.92 Å². The lowest BCUT2D eigenvalue weighted by Gasteiger charge is -2.06. The lowest BCUT2D eigenvalue weighted by molar-refractivity contribution is -0.538. The zero-order chi connectivity index (χ0) is 31.6. The standard InChI is InChI=1S/C32H24N4.2C4H8/c1-22-7-11-24(12-8-22)25-13-9-23(10-14-25)21-34-27-16-18-30-32(20-27)36(28-5-3-2-4-6-28)31-19-26(33)15-17-29(31)35-30;2*1-4(2)3/h2-21,33H,1H3;2*1H2,2-3H3/p+1. The molecule has 0 fully saturated rings. The first-order chi connectivity index (χ1) is 21.1. The van der Waals surface area contributed by atoms with Gasteiger partial charge in [-0.3, -0.25) is 4.99 Å². The van der Waals surface area contributed by atoms with Crippen LogP contribution in [0.4, 0.5) is 11.4 Å². The third-order valence-electron chi connectivity index (χ3n) is 6.35. The summed E-state index contributed by atoms with van der Waals surface area (Å²) in [4.78, 5) is 9.66. The van der Waals surface area contributed by atoms with Gasteiger partial charge in [-0.2, -0.15) is 0 Å². The predicted molar refractivity (Wildman–Crippen MR) is 190 cm³/mol. The van der Waals surface area contributed by atoms with Crippen LogP contribution in [-0.2, 0) is 0 Å². The highest BCUT2D eigenvalue weighted by Gasteiger charge is 2.20. The Bertz CT molecular complexity index is 1900. The summed E-state index contributed by atoms with van der Waals surface area (Å²) in [6.07, 6.45) is 1.90. The van der Waals surface area contributed by atoms with E-state index < -0.39 is 0 Å². The first kappa shape index (κ1) is 31.6. The molecular formula is C40H41N4+. The van der Waals surface area contributed by atoms with Gasteiger partial charge in [0.15, 0.2) is 0 Å². The fourth-order valence-electron chi connectivity index (χ4n) is 4.45. The van der Waals surface area contributed by atoms with Crippen molar-refractivity contribution in [3.05, 3.63) is 151 Å². The number of aromatic nitrogens is 2. The zero-order valence-corrected chi connectivity index (χ0v) is 26.4. The van der Waals surface area contributed by atoms with Crippen molar-refractivity contribution in [3.63, 3.8) is 0 Å². The number of para-hydroxylation sites is 1. The van der Waals surface area contributed by atoms with E-state index >= 15 is 0 Å². The molecule has 5 aromatic carbocycles. The number of aliphatic imine (C=N–C) groups is 1. The fourth-order valence-corrected chi connectivity index (χ4v) is 4.45. The first-order valence-electron chi connectivity index (χ1n) is 14.7. The number of rotatable bonds is 4.